The topological polar surface area (TPSA) is 169 Å². The van der Waals surface area contributed by atoms with Crippen molar-refractivity contribution in [1.29, 1.82) is 0 Å². The zero-order chi connectivity index (χ0) is 37.5. The second-order valence-electron chi connectivity index (χ2n) is 14.9. The molecule has 0 aromatic carbocycles. The lowest BCUT2D eigenvalue weighted by atomic mass is 9.99. The Balaban J connectivity index is 2.44. The summed E-state index contributed by atoms with van der Waals surface area (Å²) in [4.78, 5) is 13.0. The van der Waals surface area contributed by atoms with Gasteiger partial charge in [0, 0.05) is 0 Å². The van der Waals surface area contributed by atoms with E-state index in [0.717, 1.165) is 57.8 Å². The molecule has 1 aliphatic rings. The number of rotatable bonds is 34. The van der Waals surface area contributed by atoms with E-state index >= 15 is 0 Å². The van der Waals surface area contributed by atoms with Crippen LogP contribution in [0.1, 0.15) is 181 Å². The number of hydrogen-bond acceptors (Lipinski definition) is 9. The molecule has 1 amide bonds. The van der Waals surface area contributed by atoms with Crippen LogP contribution in [-0.2, 0) is 14.3 Å². The van der Waals surface area contributed by atoms with Crippen molar-refractivity contribution in [1.82, 2.24) is 5.32 Å². The Hall–Kier alpha value is -1.11. The van der Waals surface area contributed by atoms with E-state index in [1.54, 1.807) is 0 Å². The average Bonchev–Trinajstić information content (AvgIpc) is 3.13. The normalized spacial score (nSPS) is 22.7. The van der Waals surface area contributed by atoms with Gasteiger partial charge in [0.05, 0.1) is 25.4 Å². The molecule has 10 nitrogen and oxygen atoms in total. The predicted octanol–water partition coefficient (Wildman–Crippen LogP) is 6.75. The number of amides is 1. The molecule has 0 aromatic heterocycles. The quantitative estimate of drug-likeness (QED) is 0.0280. The lowest BCUT2D eigenvalue weighted by molar-refractivity contribution is -0.302. The van der Waals surface area contributed by atoms with E-state index in [-0.39, 0.29) is 6.61 Å². The van der Waals surface area contributed by atoms with E-state index in [4.69, 9.17) is 9.47 Å². The second-order valence-corrected chi connectivity index (χ2v) is 14.9. The maximum atomic E-state index is 13.0. The highest BCUT2D eigenvalue weighted by Gasteiger charge is 2.44. The number of carbonyl (C=O) groups excluding carboxylic acids is 1. The summed E-state index contributed by atoms with van der Waals surface area (Å²) in [6.45, 7) is 3.60. The van der Waals surface area contributed by atoms with Crippen LogP contribution in [0.25, 0.3) is 0 Å². The molecular formula is C41H79NO9. The van der Waals surface area contributed by atoms with Crippen molar-refractivity contribution in [3.63, 3.8) is 0 Å². The lowest BCUT2D eigenvalue weighted by Crippen LogP contribution is -2.60. The summed E-state index contributed by atoms with van der Waals surface area (Å²) in [5.41, 5.74) is 0. The molecule has 0 radical (unpaired) electrons. The van der Waals surface area contributed by atoms with Crippen LogP contribution in [0.3, 0.4) is 0 Å². The summed E-state index contributed by atoms with van der Waals surface area (Å²) in [6.07, 6.45) is 24.1. The molecule has 1 fully saturated rings. The Morgan fingerprint density at radius 1 is 0.647 bits per heavy atom. The molecule has 0 spiro atoms. The zero-order valence-corrected chi connectivity index (χ0v) is 32.5. The predicted molar refractivity (Wildman–Crippen MR) is 204 cm³/mol. The number of allylic oxidation sites excluding steroid dienone is 2. The minimum Gasteiger partial charge on any atom is -0.394 e. The van der Waals surface area contributed by atoms with Gasteiger partial charge in [-0.2, -0.15) is 0 Å². The smallest absolute Gasteiger partial charge is 0.249 e. The maximum Gasteiger partial charge on any atom is 0.249 e. The molecular weight excluding hydrogens is 650 g/mol. The Morgan fingerprint density at radius 3 is 1.65 bits per heavy atom. The Labute approximate surface area is 310 Å². The number of ether oxygens (including phenoxy) is 2. The van der Waals surface area contributed by atoms with Crippen LogP contribution in [0.4, 0.5) is 0 Å². The molecule has 1 rings (SSSR count). The van der Waals surface area contributed by atoms with Gasteiger partial charge in [-0.05, 0) is 32.1 Å². The molecule has 0 aliphatic carbocycles. The van der Waals surface area contributed by atoms with Crippen LogP contribution in [0, 0.1) is 0 Å². The lowest BCUT2D eigenvalue weighted by Gasteiger charge is -2.40. The fourth-order valence-electron chi connectivity index (χ4n) is 6.68. The van der Waals surface area contributed by atoms with E-state index in [2.05, 4.69) is 31.3 Å². The summed E-state index contributed by atoms with van der Waals surface area (Å²) in [5.74, 6) is -0.595. The van der Waals surface area contributed by atoms with Gasteiger partial charge in [-0.25, -0.2) is 0 Å². The SMILES string of the molecule is CCCC/C=C\CCCCCCC(O)C(=O)NC(COC1OC(CO)C(O)C(O)C1O)C(O)CCCCCCCCCCCCCCCCCC. The largest absolute Gasteiger partial charge is 0.394 e. The number of aliphatic hydroxyl groups is 6. The minimum atomic E-state index is -1.59. The fraction of sp³-hybridized carbons (Fsp3) is 0.927. The van der Waals surface area contributed by atoms with E-state index < -0.39 is 61.5 Å². The monoisotopic (exact) mass is 730 g/mol. The van der Waals surface area contributed by atoms with Crippen molar-refractivity contribution in [2.75, 3.05) is 13.2 Å². The Morgan fingerprint density at radius 2 is 1.12 bits per heavy atom. The van der Waals surface area contributed by atoms with Gasteiger partial charge >= 0.3 is 0 Å². The fourth-order valence-corrected chi connectivity index (χ4v) is 6.68. The standard InChI is InChI=1S/C41H79NO9/c1-3-5-7-9-11-13-15-16-17-18-19-20-22-23-25-27-29-34(44)33(32-50-41-39(48)38(47)37(46)36(31-43)51-41)42-40(49)35(45)30-28-26-24-21-14-12-10-8-6-4-2/h10,12,33-39,41,43-48H,3-9,11,13-32H2,1-2H3,(H,42,49)/b12-10-. The molecule has 0 aromatic rings. The van der Waals surface area contributed by atoms with Gasteiger partial charge in [0.25, 0.3) is 0 Å². The molecule has 1 saturated heterocycles. The number of aliphatic hydroxyl groups excluding tert-OH is 6. The molecule has 8 atom stereocenters. The van der Waals surface area contributed by atoms with Crippen LogP contribution in [0.15, 0.2) is 12.2 Å². The first kappa shape index (κ1) is 47.9. The highest BCUT2D eigenvalue weighted by Crippen LogP contribution is 2.23. The van der Waals surface area contributed by atoms with Crippen molar-refractivity contribution in [3.8, 4) is 0 Å². The van der Waals surface area contributed by atoms with Crippen LogP contribution in [0.2, 0.25) is 0 Å². The molecule has 51 heavy (non-hydrogen) atoms. The first-order valence-electron chi connectivity index (χ1n) is 21.0. The molecule has 7 N–H and O–H groups in total. The highest BCUT2D eigenvalue weighted by atomic mass is 16.7. The third-order valence-electron chi connectivity index (χ3n) is 10.2. The summed E-state index contributed by atoms with van der Waals surface area (Å²) in [6, 6.07) is -0.893. The zero-order valence-electron chi connectivity index (χ0n) is 32.5. The van der Waals surface area contributed by atoms with Crippen LogP contribution < -0.4 is 5.32 Å². The molecule has 302 valence electrons. The molecule has 0 bridgehead atoms. The third kappa shape index (κ3) is 23.3. The first-order valence-corrected chi connectivity index (χ1v) is 21.0. The average molecular weight is 730 g/mol. The summed E-state index contributed by atoms with van der Waals surface area (Å²) >= 11 is 0. The van der Waals surface area contributed by atoms with E-state index in [1.807, 2.05) is 0 Å². The highest BCUT2D eigenvalue weighted by molar-refractivity contribution is 5.80. The van der Waals surface area contributed by atoms with Crippen LogP contribution in [0.5, 0.6) is 0 Å². The van der Waals surface area contributed by atoms with Crippen molar-refractivity contribution >= 4 is 5.91 Å². The second kappa shape index (κ2) is 32.3. The molecule has 0 saturated carbocycles. The van der Waals surface area contributed by atoms with E-state index in [9.17, 15) is 35.4 Å². The number of nitrogens with one attached hydrogen (secondary N) is 1. The Bertz CT molecular complexity index is 829. The van der Waals surface area contributed by atoms with Crippen molar-refractivity contribution in [2.24, 2.45) is 0 Å². The van der Waals surface area contributed by atoms with Gasteiger partial charge in [0.15, 0.2) is 6.29 Å². The molecule has 1 heterocycles. The number of carbonyl (C=O) groups is 1. The molecule has 1 aliphatic heterocycles. The van der Waals surface area contributed by atoms with Crippen molar-refractivity contribution in [3.05, 3.63) is 12.2 Å². The summed E-state index contributed by atoms with van der Waals surface area (Å²) in [5, 5.41) is 64.5. The first-order chi connectivity index (χ1) is 24.8. The number of unbranched alkanes of at least 4 members (excludes halogenated alkanes) is 21. The summed E-state index contributed by atoms with van der Waals surface area (Å²) in [7, 11) is 0. The number of hydrogen-bond donors (Lipinski definition) is 7. The van der Waals surface area contributed by atoms with Gasteiger partial charge in [-0.3, -0.25) is 4.79 Å². The van der Waals surface area contributed by atoms with Gasteiger partial charge in [0.2, 0.25) is 5.91 Å². The van der Waals surface area contributed by atoms with Crippen LogP contribution >= 0.6 is 0 Å². The van der Waals surface area contributed by atoms with Gasteiger partial charge in [-0.15, -0.1) is 0 Å². The van der Waals surface area contributed by atoms with E-state index in [0.29, 0.717) is 19.3 Å². The third-order valence-corrected chi connectivity index (χ3v) is 10.2. The van der Waals surface area contributed by atoms with Gasteiger partial charge in [-0.1, -0.05) is 161 Å². The minimum absolute atomic E-state index is 0.257. The van der Waals surface area contributed by atoms with Gasteiger partial charge < -0.3 is 45.4 Å². The van der Waals surface area contributed by atoms with E-state index in [1.165, 1.54) is 89.9 Å². The van der Waals surface area contributed by atoms with Gasteiger partial charge in [0.1, 0.15) is 30.5 Å². The summed E-state index contributed by atoms with van der Waals surface area (Å²) < 4.78 is 11.1. The van der Waals surface area contributed by atoms with Crippen molar-refractivity contribution in [2.45, 2.75) is 230 Å². The van der Waals surface area contributed by atoms with Crippen LogP contribution in [-0.4, -0.2) is 98.7 Å². The molecule has 8 unspecified atom stereocenters. The molecule has 10 heteroatoms. The Kier molecular flexibility index (Phi) is 30.4. The van der Waals surface area contributed by atoms with Crippen molar-refractivity contribution < 1.29 is 44.9 Å². The maximum absolute atomic E-state index is 13.0.